The molecule has 0 radical (unpaired) electrons. The molecule has 0 aliphatic carbocycles. The molecule has 1 heterocycles. The van der Waals surface area contributed by atoms with Crippen LogP contribution in [0.5, 0.6) is 0 Å². The number of carbonyl (C=O) groups excluding carboxylic acids is 1. The first-order chi connectivity index (χ1) is 10.1. The summed E-state index contributed by atoms with van der Waals surface area (Å²) in [6.07, 6.45) is -2.72. The van der Waals surface area contributed by atoms with Gasteiger partial charge in [0.2, 0.25) is 0 Å². The van der Waals surface area contributed by atoms with E-state index in [1.165, 1.54) is 0 Å². The maximum absolute atomic E-state index is 11.5. The van der Waals surface area contributed by atoms with Gasteiger partial charge in [0, 0.05) is 12.2 Å². The van der Waals surface area contributed by atoms with E-state index in [1.807, 2.05) is 0 Å². The van der Waals surface area contributed by atoms with Gasteiger partial charge in [-0.3, -0.25) is 4.98 Å². The molecule has 0 aliphatic heterocycles. The first-order valence-corrected chi connectivity index (χ1v) is 7.16. The molecule has 22 heavy (non-hydrogen) atoms. The number of aromatic nitrogens is 1. The molecule has 0 aromatic carbocycles. The Kier molecular flexibility index (Phi) is 6.13. The highest BCUT2D eigenvalue weighted by Crippen LogP contribution is 2.22. The number of nitrogen functional groups attached to an aromatic ring is 1. The minimum atomic E-state index is -1.21. The lowest BCUT2D eigenvalue weighted by atomic mass is 10.1. The summed E-state index contributed by atoms with van der Waals surface area (Å²) in [7, 11) is 0. The van der Waals surface area contributed by atoms with Gasteiger partial charge in [0.1, 0.15) is 11.7 Å². The van der Waals surface area contributed by atoms with E-state index in [-0.39, 0.29) is 18.7 Å². The van der Waals surface area contributed by atoms with Crippen LogP contribution in [0.1, 0.15) is 44.7 Å². The summed E-state index contributed by atoms with van der Waals surface area (Å²) >= 11 is 0. The maximum Gasteiger partial charge on any atom is 0.407 e. The van der Waals surface area contributed by atoms with Gasteiger partial charge in [-0.05, 0) is 46.2 Å². The predicted molar refractivity (Wildman–Crippen MR) is 83.2 cm³/mol. The molecule has 0 saturated carbocycles. The topological polar surface area (TPSA) is 118 Å². The lowest BCUT2D eigenvalue weighted by Crippen LogP contribution is -2.34. The van der Waals surface area contributed by atoms with Crippen molar-refractivity contribution in [2.24, 2.45) is 0 Å². The normalized spacial score (nSPS) is 14.3. The molecule has 0 bridgehead atoms. The first kappa shape index (κ1) is 18.2. The molecule has 1 aromatic heterocycles. The van der Waals surface area contributed by atoms with Crippen molar-refractivity contribution in [1.82, 2.24) is 10.3 Å². The molecule has 0 spiro atoms. The molecule has 2 unspecified atom stereocenters. The van der Waals surface area contributed by atoms with Gasteiger partial charge in [0.15, 0.2) is 0 Å². The fraction of sp³-hybridized carbons (Fsp3) is 0.600. The molecule has 0 saturated heterocycles. The zero-order chi connectivity index (χ0) is 16.9. The van der Waals surface area contributed by atoms with E-state index in [4.69, 9.17) is 10.5 Å². The van der Waals surface area contributed by atoms with Crippen LogP contribution in [0.2, 0.25) is 0 Å². The molecule has 5 N–H and O–H groups in total. The largest absolute Gasteiger partial charge is 0.444 e. The minimum Gasteiger partial charge on any atom is -0.444 e. The van der Waals surface area contributed by atoms with E-state index in [9.17, 15) is 15.0 Å². The van der Waals surface area contributed by atoms with Crippen molar-refractivity contribution in [3.05, 3.63) is 23.5 Å². The number of hydrogen-bond acceptors (Lipinski definition) is 6. The quantitative estimate of drug-likeness (QED) is 0.650. The fourth-order valence-electron chi connectivity index (χ4n) is 1.80. The number of rotatable bonds is 5. The number of anilines is 1. The number of nitrogens with zero attached hydrogens (tertiary/aromatic N) is 1. The molecule has 1 amide bonds. The summed E-state index contributed by atoms with van der Waals surface area (Å²) in [5, 5.41) is 22.6. The summed E-state index contributed by atoms with van der Waals surface area (Å²) in [6, 6.07) is 3.36. The van der Waals surface area contributed by atoms with Crippen LogP contribution in [0, 0.1) is 6.92 Å². The Morgan fingerprint density at radius 1 is 1.41 bits per heavy atom. The number of nitrogens with two attached hydrogens (primary N) is 1. The third-order valence-corrected chi connectivity index (χ3v) is 2.85. The third kappa shape index (κ3) is 5.87. The Labute approximate surface area is 130 Å². The number of ether oxygens (including phenoxy) is 1. The Morgan fingerprint density at radius 2 is 2.05 bits per heavy atom. The van der Waals surface area contributed by atoms with Crippen LogP contribution in [-0.4, -0.2) is 39.5 Å². The zero-order valence-electron chi connectivity index (χ0n) is 13.5. The van der Waals surface area contributed by atoms with Crippen molar-refractivity contribution in [1.29, 1.82) is 0 Å². The number of carbonyl (C=O) groups is 1. The van der Waals surface area contributed by atoms with Crippen LogP contribution in [0.3, 0.4) is 0 Å². The van der Waals surface area contributed by atoms with Gasteiger partial charge in [-0.25, -0.2) is 4.79 Å². The number of nitrogens with one attached hydrogen (secondary N) is 1. The van der Waals surface area contributed by atoms with Crippen molar-refractivity contribution < 1.29 is 19.7 Å². The van der Waals surface area contributed by atoms with Crippen molar-refractivity contribution in [2.45, 2.75) is 51.9 Å². The fourth-order valence-corrected chi connectivity index (χ4v) is 1.80. The molecule has 0 aliphatic rings. The highest BCUT2D eigenvalue weighted by Gasteiger charge is 2.22. The lowest BCUT2D eigenvalue weighted by Gasteiger charge is -2.21. The summed E-state index contributed by atoms with van der Waals surface area (Å²) in [5.74, 6) is 0. The van der Waals surface area contributed by atoms with Crippen LogP contribution in [0.15, 0.2) is 12.1 Å². The molecule has 7 heteroatoms. The van der Waals surface area contributed by atoms with Gasteiger partial charge in [-0.15, -0.1) is 0 Å². The third-order valence-electron chi connectivity index (χ3n) is 2.85. The Bertz CT molecular complexity index is 514. The number of amides is 1. The van der Waals surface area contributed by atoms with E-state index in [2.05, 4.69) is 10.3 Å². The molecule has 2 atom stereocenters. The van der Waals surface area contributed by atoms with E-state index in [0.717, 1.165) is 0 Å². The first-order valence-electron chi connectivity index (χ1n) is 7.16. The summed E-state index contributed by atoms with van der Waals surface area (Å²) < 4.78 is 5.07. The van der Waals surface area contributed by atoms with Gasteiger partial charge in [-0.1, -0.05) is 0 Å². The van der Waals surface area contributed by atoms with Crippen LogP contribution in [0.25, 0.3) is 0 Å². The average Bonchev–Trinajstić information content (AvgIpc) is 2.38. The van der Waals surface area contributed by atoms with E-state index >= 15 is 0 Å². The monoisotopic (exact) mass is 311 g/mol. The second-order valence-electron chi connectivity index (χ2n) is 6.16. The van der Waals surface area contributed by atoms with Gasteiger partial charge in [0.05, 0.1) is 17.5 Å². The van der Waals surface area contributed by atoms with Gasteiger partial charge in [0.25, 0.3) is 0 Å². The molecule has 0 fully saturated rings. The standard InChI is InChI=1S/C15H25N3O4/c1-9-5-6-10(16)12(18-9)13(20)11(19)7-8-17-14(21)22-15(2,3)4/h5-6,11,13,19-20H,7-8,16H2,1-4H3,(H,17,21). The second kappa shape index (κ2) is 7.42. The molecular weight excluding hydrogens is 286 g/mol. The van der Waals surface area contributed by atoms with E-state index in [0.29, 0.717) is 11.4 Å². The lowest BCUT2D eigenvalue weighted by molar-refractivity contribution is 0.0103. The smallest absolute Gasteiger partial charge is 0.407 e. The Hall–Kier alpha value is -1.86. The van der Waals surface area contributed by atoms with Crippen molar-refractivity contribution in [3.63, 3.8) is 0 Å². The Balaban J connectivity index is 2.50. The van der Waals surface area contributed by atoms with E-state index < -0.39 is 23.9 Å². The molecule has 7 nitrogen and oxygen atoms in total. The highest BCUT2D eigenvalue weighted by molar-refractivity contribution is 5.67. The summed E-state index contributed by atoms with van der Waals surface area (Å²) in [4.78, 5) is 15.6. The van der Waals surface area contributed by atoms with Crippen LogP contribution in [0.4, 0.5) is 10.5 Å². The highest BCUT2D eigenvalue weighted by atomic mass is 16.6. The van der Waals surface area contributed by atoms with Crippen molar-refractivity contribution in [3.8, 4) is 0 Å². The second-order valence-corrected chi connectivity index (χ2v) is 6.16. The van der Waals surface area contributed by atoms with Crippen molar-refractivity contribution >= 4 is 11.8 Å². The average molecular weight is 311 g/mol. The molecular formula is C15H25N3O4. The van der Waals surface area contributed by atoms with Crippen LogP contribution >= 0.6 is 0 Å². The number of aliphatic hydroxyl groups is 2. The number of aliphatic hydroxyl groups excluding tert-OH is 2. The Morgan fingerprint density at radius 3 is 2.64 bits per heavy atom. The minimum absolute atomic E-state index is 0.148. The van der Waals surface area contributed by atoms with Gasteiger partial charge >= 0.3 is 6.09 Å². The summed E-state index contributed by atoms with van der Waals surface area (Å²) in [5.41, 5.74) is 6.42. The maximum atomic E-state index is 11.5. The number of aryl methyl sites for hydroxylation is 1. The van der Waals surface area contributed by atoms with E-state index in [1.54, 1.807) is 39.8 Å². The number of hydrogen-bond donors (Lipinski definition) is 4. The number of alkyl carbamates (subject to hydrolysis) is 1. The van der Waals surface area contributed by atoms with Gasteiger partial charge in [-0.2, -0.15) is 0 Å². The summed E-state index contributed by atoms with van der Waals surface area (Å²) in [6.45, 7) is 7.22. The molecule has 1 aromatic rings. The van der Waals surface area contributed by atoms with Gasteiger partial charge < -0.3 is 26.0 Å². The SMILES string of the molecule is Cc1ccc(N)c(C(O)C(O)CCNC(=O)OC(C)(C)C)n1. The van der Waals surface area contributed by atoms with Crippen LogP contribution < -0.4 is 11.1 Å². The zero-order valence-corrected chi connectivity index (χ0v) is 13.5. The van der Waals surface area contributed by atoms with Crippen LogP contribution in [-0.2, 0) is 4.74 Å². The number of pyridine rings is 1. The molecule has 1 rings (SSSR count). The predicted octanol–water partition coefficient (Wildman–Crippen LogP) is 1.28. The molecule has 124 valence electrons. The van der Waals surface area contributed by atoms with Crippen molar-refractivity contribution in [2.75, 3.05) is 12.3 Å².